The van der Waals surface area contributed by atoms with E-state index in [2.05, 4.69) is 15.4 Å². The molecule has 4 rings (SSSR count). The molecule has 1 N–H and O–H groups in total. The van der Waals surface area contributed by atoms with Crippen LogP contribution in [0.2, 0.25) is 5.02 Å². The second-order valence-corrected chi connectivity index (χ2v) is 7.65. The van der Waals surface area contributed by atoms with E-state index in [1.807, 2.05) is 31.5 Å². The Morgan fingerprint density at radius 2 is 2.07 bits per heavy atom. The maximum Gasteiger partial charge on any atom is 0.250 e. The third-order valence-electron chi connectivity index (χ3n) is 5.12. The van der Waals surface area contributed by atoms with Crippen LogP contribution in [0.4, 0.5) is 5.82 Å². The van der Waals surface area contributed by atoms with E-state index in [1.54, 1.807) is 27.6 Å². The second-order valence-electron chi connectivity index (χ2n) is 7.24. The van der Waals surface area contributed by atoms with Gasteiger partial charge in [0.1, 0.15) is 5.82 Å². The molecule has 0 radical (unpaired) electrons. The number of pyridine rings is 2. The minimum Gasteiger partial charge on any atom is -0.367 e. The lowest BCUT2D eigenvalue weighted by Crippen LogP contribution is -2.19. The fourth-order valence-electron chi connectivity index (χ4n) is 3.66. The van der Waals surface area contributed by atoms with Crippen LogP contribution in [0.15, 0.2) is 47.7 Å². The first-order chi connectivity index (χ1) is 13.6. The molecular formula is C21H24ClN5O. The summed E-state index contributed by atoms with van der Waals surface area (Å²) in [6.45, 7) is 2.73. The Hall–Kier alpha value is -2.60. The molecule has 0 spiro atoms. The fraction of sp³-hybridized carbons (Fsp3) is 0.381. The number of rotatable bonds is 6. The van der Waals surface area contributed by atoms with E-state index < -0.39 is 0 Å². The van der Waals surface area contributed by atoms with Gasteiger partial charge in [0.25, 0.3) is 5.56 Å². The first kappa shape index (κ1) is 18.7. The predicted molar refractivity (Wildman–Crippen MR) is 112 cm³/mol. The highest BCUT2D eigenvalue weighted by Crippen LogP contribution is 2.29. The van der Waals surface area contributed by atoms with E-state index in [9.17, 15) is 4.79 Å². The molecule has 0 aromatic carbocycles. The van der Waals surface area contributed by atoms with Crippen molar-refractivity contribution < 1.29 is 0 Å². The molecule has 0 bridgehead atoms. The Morgan fingerprint density at radius 1 is 1.25 bits per heavy atom. The van der Waals surface area contributed by atoms with Gasteiger partial charge in [0, 0.05) is 42.8 Å². The first-order valence-electron chi connectivity index (χ1n) is 9.83. The van der Waals surface area contributed by atoms with Crippen molar-refractivity contribution in [3.05, 3.63) is 58.2 Å². The van der Waals surface area contributed by atoms with Crippen molar-refractivity contribution in [2.24, 2.45) is 0 Å². The highest BCUT2D eigenvalue weighted by Gasteiger charge is 2.16. The van der Waals surface area contributed by atoms with Crippen LogP contribution >= 0.6 is 11.6 Å². The average molecular weight is 398 g/mol. The van der Waals surface area contributed by atoms with Gasteiger partial charge in [0.05, 0.1) is 16.4 Å². The number of hydrogen-bond donors (Lipinski definition) is 1. The van der Waals surface area contributed by atoms with Crippen LogP contribution in [0.25, 0.3) is 16.9 Å². The van der Waals surface area contributed by atoms with Crippen molar-refractivity contribution in [1.82, 2.24) is 19.3 Å². The zero-order chi connectivity index (χ0) is 19.5. The molecular weight excluding hydrogens is 374 g/mol. The molecule has 3 aromatic heterocycles. The highest BCUT2D eigenvalue weighted by molar-refractivity contribution is 6.33. The summed E-state index contributed by atoms with van der Waals surface area (Å²) in [5.74, 6) is 0.812. The first-order valence-corrected chi connectivity index (χ1v) is 10.2. The summed E-state index contributed by atoms with van der Waals surface area (Å²) in [7, 11) is 0. The van der Waals surface area contributed by atoms with Crippen molar-refractivity contribution in [3.8, 4) is 16.9 Å². The summed E-state index contributed by atoms with van der Waals surface area (Å²) < 4.78 is 3.46. The second kappa shape index (κ2) is 8.19. The standard InChI is InChI=1S/C21H24ClN5O/c1-2-10-26-14-16(7-8-21(26)28)27-11-9-19(25-27)17-13-23-20(12-18(17)22)24-15-5-3-4-6-15/h7-9,11-15H,2-6,10H2,1H3,(H,23,24). The van der Waals surface area contributed by atoms with Crippen LogP contribution in [0.3, 0.4) is 0 Å². The summed E-state index contributed by atoms with van der Waals surface area (Å²) in [5, 5.41) is 8.72. The van der Waals surface area contributed by atoms with Gasteiger partial charge in [-0.3, -0.25) is 4.79 Å². The average Bonchev–Trinajstić information content (AvgIpc) is 3.36. The summed E-state index contributed by atoms with van der Waals surface area (Å²) in [4.78, 5) is 16.4. The smallest absolute Gasteiger partial charge is 0.250 e. The lowest BCUT2D eigenvalue weighted by atomic mass is 10.2. The minimum atomic E-state index is -0.00410. The zero-order valence-corrected chi connectivity index (χ0v) is 16.7. The SMILES string of the molecule is CCCn1cc(-n2ccc(-c3cnc(NC4CCCC4)cc3Cl)n2)ccc1=O. The lowest BCUT2D eigenvalue weighted by molar-refractivity contribution is 0.648. The molecule has 0 amide bonds. The monoisotopic (exact) mass is 397 g/mol. The molecule has 1 aliphatic carbocycles. The summed E-state index contributed by atoms with van der Waals surface area (Å²) in [6.07, 6.45) is 11.3. The molecule has 3 aromatic rings. The summed E-state index contributed by atoms with van der Waals surface area (Å²) in [5.41, 5.74) is 2.37. The molecule has 1 aliphatic rings. The maximum atomic E-state index is 11.9. The topological polar surface area (TPSA) is 64.7 Å². The van der Waals surface area contributed by atoms with Gasteiger partial charge in [-0.15, -0.1) is 0 Å². The number of hydrogen-bond acceptors (Lipinski definition) is 4. The predicted octanol–water partition coefficient (Wildman–Crippen LogP) is 4.51. The van der Waals surface area contributed by atoms with Gasteiger partial charge in [0.15, 0.2) is 0 Å². The molecule has 1 fully saturated rings. The van der Waals surface area contributed by atoms with Crippen LogP contribution in [0, 0.1) is 0 Å². The van der Waals surface area contributed by atoms with Crippen LogP contribution in [-0.2, 0) is 6.54 Å². The lowest BCUT2D eigenvalue weighted by Gasteiger charge is -2.13. The molecule has 0 aliphatic heterocycles. The van der Waals surface area contributed by atoms with E-state index in [0.29, 0.717) is 17.6 Å². The molecule has 0 atom stereocenters. The Labute approximate surface area is 169 Å². The van der Waals surface area contributed by atoms with Crippen molar-refractivity contribution in [2.75, 3.05) is 5.32 Å². The van der Waals surface area contributed by atoms with Crippen molar-refractivity contribution >= 4 is 17.4 Å². The van der Waals surface area contributed by atoms with E-state index in [4.69, 9.17) is 11.6 Å². The van der Waals surface area contributed by atoms with Gasteiger partial charge in [0.2, 0.25) is 0 Å². The van der Waals surface area contributed by atoms with E-state index in [-0.39, 0.29) is 5.56 Å². The van der Waals surface area contributed by atoms with Gasteiger partial charge in [-0.25, -0.2) is 9.67 Å². The molecule has 7 heteroatoms. The van der Waals surface area contributed by atoms with Crippen LogP contribution in [0.1, 0.15) is 39.0 Å². The number of halogens is 1. The highest BCUT2D eigenvalue weighted by atomic mass is 35.5. The van der Waals surface area contributed by atoms with Crippen molar-refractivity contribution in [3.63, 3.8) is 0 Å². The number of nitrogens with one attached hydrogen (secondary N) is 1. The van der Waals surface area contributed by atoms with E-state index in [1.165, 1.54) is 25.7 Å². The van der Waals surface area contributed by atoms with Crippen LogP contribution in [0.5, 0.6) is 0 Å². The van der Waals surface area contributed by atoms with Crippen molar-refractivity contribution in [1.29, 1.82) is 0 Å². The van der Waals surface area contributed by atoms with Crippen LogP contribution < -0.4 is 10.9 Å². The number of nitrogens with zero attached hydrogens (tertiary/aromatic N) is 4. The molecule has 1 saturated carbocycles. The van der Waals surface area contributed by atoms with Gasteiger partial charge >= 0.3 is 0 Å². The molecule has 28 heavy (non-hydrogen) atoms. The van der Waals surface area contributed by atoms with Crippen LogP contribution in [-0.4, -0.2) is 25.4 Å². The zero-order valence-electron chi connectivity index (χ0n) is 15.9. The Balaban J connectivity index is 1.57. The number of anilines is 1. The van der Waals surface area contributed by atoms with E-state index in [0.717, 1.165) is 29.2 Å². The maximum absolute atomic E-state index is 11.9. The number of aryl methyl sites for hydroxylation is 1. The molecule has 6 nitrogen and oxygen atoms in total. The summed E-state index contributed by atoms with van der Waals surface area (Å²) >= 11 is 6.52. The Morgan fingerprint density at radius 3 is 2.82 bits per heavy atom. The molecule has 146 valence electrons. The normalized spacial score (nSPS) is 14.5. The minimum absolute atomic E-state index is 0.00410. The Kier molecular flexibility index (Phi) is 5.48. The number of aromatic nitrogens is 4. The molecule has 0 unspecified atom stereocenters. The van der Waals surface area contributed by atoms with Gasteiger partial charge in [-0.05, 0) is 37.5 Å². The fourth-order valence-corrected chi connectivity index (χ4v) is 3.91. The summed E-state index contributed by atoms with van der Waals surface area (Å²) in [6, 6.07) is 7.62. The third-order valence-corrected chi connectivity index (χ3v) is 5.44. The van der Waals surface area contributed by atoms with E-state index >= 15 is 0 Å². The van der Waals surface area contributed by atoms with Crippen molar-refractivity contribution in [2.45, 2.75) is 51.6 Å². The molecule has 0 saturated heterocycles. The van der Waals surface area contributed by atoms with Gasteiger partial charge < -0.3 is 9.88 Å². The molecule has 3 heterocycles. The third kappa shape index (κ3) is 3.97. The van der Waals surface area contributed by atoms with Gasteiger partial charge in [-0.2, -0.15) is 5.10 Å². The largest absolute Gasteiger partial charge is 0.367 e. The Bertz CT molecular complexity index is 1020. The van der Waals surface area contributed by atoms with Gasteiger partial charge in [-0.1, -0.05) is 31.4 Å². The quantitative estimate of drug-likeness (QED) is 0.664.